The molecule has 2 aromatic heterocycles. The number of aliphatic hydroxyl groups is 2. The molecule has 0 spiro atoms. The SMILES string of the molecule is NC(N)=NC(O)c1cnc2[nH]ccc2c1NC1[C@@H]2CC3C[C@H]1CC(O)(C3)C2. The molecule has 144 valence electrons. The number of nitrogens with two attached hydrogens (primary N) is 2. The van der Waals surface area contributed by atoms with Gasteiger partial charge in [0.1, 0.15) is 5.65 Å². The number of aromatic nitrogens is 2. The average molecular weight is 370 g/mol. The van der Waals surface area contributed by atoms with Crippen LogP contribution < -0.4 is 16.8 Å². The summed E-state index contributed by atoms with van der Waals surface area (Å²) >= 11 is 0. The highest BCUT2D eigenvalue weighted by Crippen LogP contribution is 2.56. The minimum atomic E-state index is -1.18. The third-order valence-corrected chi connectivity index (χ3v) is 6.72. The van der Waals surface area contributed by atoms with E-state index < -0.39 is 11.8 Å². The van der Waals surface area contributed by atoms with Crippen LogP contribution in [-0.2, 0) is 0 Å². The fourth-order valence-electron chi connectivity index (χ4n) is 5.97. The molecule has 6 rings (SSSR count). The molecule has 8 heteroatoms. The highest BCUT2D eigenvalue weighted by molar-refractivity contribution is 5.91. The molecular formula is C19H26N6O2. The van der Waals surface area contributed by atoms with Crippen LogP contribution in [0.3, 0.4) is 0 Å². The van der Waals surface area contributed by atoms with Crippen molar-refractivity contribution in [3.63, 3.8) is 0 Å². The Morgan fingerprint density at radius 2 is 2.04 bits per heavy atom. The molecule has 2 heterocycles. The first-order valence-electron chi connectivity index (χ1n) is 9.63. The number of fused-ring (bicyclic) bond motifs is 1. The van der Waals surface area contributed by atoms with Gasteiger partial charge in [-0.05, 0) is 55.9 Å². The van der Waals surface area contributed by atoms with Crippen molar-refractivity contribution in [1.82, 2.24) is 9.97 Å². The Morgan fingerprint density at radius 1 is 1.30 bits per heavy atom. The maximum Gasteiger partial charge on any atom is 0.188 e. The van der Waals surface area contributed by atoms with Gasteiger partial charge in [0.25, 0.3) is 0 Å². The van der Waals surface area contributed by atoms with E-state index in [9.17, 15) is 10.2 Å². The number of H-pyrrole nitrogens is 1. The molecular weight excluding hydrogens is 344 g/mol. The van der Waals surface area contributed by atoms with Gasteiger partial charge in [-0.15, -0.1) is 0 Å². The first kappa shape index (κ1) is 16.8. The second-order valence-electron chi connectivity index (χ2n) is 8.62. The molecule has 4 aliphatic carbocycles. The number of rotatable bonds is 4. The molecule has 0 amide bonds. The van der Waals surface area contributed by atoms with E-state index in [0.29, 0.717) is 23.3 Å². The molecule has 2 aromatic rings. The first-order valence-corrected chi connectivity index (χ1v) is 9.63. The Morgan fingerprint density at radius 3 is 2.70 bits per heavy atom. The summed E-state index contributed by atoms with van der Waals surface area (Å²) in [6.07, 6.45) is 7.24. The average Bonchev–Trinajstić information content (AvgIpc) is 3.04. The number of aromatic amines is 1. The van der Waals surface area contributed by atoms with Crippen LogP contribution in [0.15, 0.2) is 23.5 Å². The van der Waals surface area contributed by atoms with Crippen molar-refractivity contribution in [3.8, 4) is 0 Å². The van der Waals surface area contributed by atoms with Gasteiger partial charge >= 0.3 is 0 Å². The number of aliphatic hydroxyl groups excluding tert-OH is 1. The predicted octanol–water partition coefficient (Wildman–Crippen LogP) is 1.18. The normalized spacial score (nSPS) is 35.3. The zero-order valence-corrected chi connectivity index (χ0v) is 15.1. The minimum Gasteiger partial charge on any atom is -0.390 e. The highest BCUT2D eigenvalue weighted by atomic mass is 16.3. The maximum atomic E-state index is 10.8. The van der Waals surface area contributed by atoms with Gasteiger partial charge < -0.3 is 32.0 Å². The van der Waals surface area contributed by atoms with Gasteiger partial charge in [-0.2, -0.15) is 0 Å². The number of guanidine groups is 1. The minimum absolute atomic E-state index is 0.167. The van der Waals surface area contributed by atoms with Crippen molar-refractivity contribution in [2.75, 3.05) is 5.32 Å². The van der Waals surface area contributed by atoms with E-state index in [4.69, 9.17) is 11.5 Å². The van der Waals surface area contributed by atoms with Gasteiger partial charge in [0, 0.05) is 29.4 Å². The standard InChI is InChI=1S/C19H26N6O2/c20-18(21)25-17(26)13-8-23-16-12(1-2-22-16)15(13)24-14-10-3-9-4-11(14)7-19(27,5-9)6-10/h1-2,8-11,14,17,26-27H,3-7H2,(H4,20,21,25)(H2,22,23,24)/t9?,10-,11+,14?,17?,19?. The number of hydrogen-bond donors (Lipinski definition) is 6. The summed E-state index contributed by atoms with van der Waals surface area (Å²) in [6.45, 7) is 0. The van der Waals surface area contributed by atoms with Crippen molar-refractivity contribution in [2.24, 2.45) is 34.2 Å². The molecule has 4 aliphatic rings. The molecule has 27 heavy (non-hydrogen) atoms. The lowest BCUT2D eigenvalue weighted by Crippen LogP contribution is -2.59. The monoisotopic (exact) mass is 370 g/mol. The summed E-state index contributed by atoms with van der Waals surface area (Å²) in [5, 5.41) is 26.0. The summed E-state index contributed by atoms with van der Waals surface area (Å²) < 4.78 is 0. The molecule has 4 unspecified atom stereocenters. The Bertz CT molecular complexity index is 889. The maximum absolute atomic E-state index is 10.8. The van der Waals surface area contributed by atoms with Gasteiger partial charge in [-0.25, -0.2) is 9.98 Å². The van der Waals surface area contributed by atoms with Crippen LogP contribution in [0.2, 0.25) is 0 Å². The van der Waals surface area contributed by atoms with Crippen LogP contribution in [0.4, 0.5) is 5.69 Å². The topological polar surface area (TPSA) is 146 Å². The van der Waals surface area contributed by atoms with E-state index in [1.165, 1.54) is 0 Å². The van der Waals surface area contributed by atoms with Gasteiger partial charge in [-0.3, -0.25) is 0 Å². The van der Waals surface area contributed by atoms with E-state index >= 15 is 0 Å². The molecule has 6 atom stereocenters. The van der Waals surface area contributed by atoms with Gasteiger partial charge in [-0.1, -0.05) is 0 Å². The van der Waals surface area contributed by atoms with Crippen LogP contribution in [0, 0.1) is 17.8 Å². The smallest absolute Gasteiger partial charge is 0.188 e. The lowest BCUT2D eigenvalue weighted by Gasteiger charge is -2.58. The Kier molecular flexibility index (Phi) is 3.64. The van der Waals surface area contributed by atoms with E-state index in [-0.39, 0.29) is 12.0 Å². The van der Waals surface area contributed by atoms with E-state index in [2.05, 4.69) is 20.3 Å². The number of pyridine rings is 1. The first-order chi connectivity index (χ1) is 12.9. The van der Waals surface area contributed by atoms with Crippen LogP contribution in [0.1, 0.15) is 43.9 Å². The third kappa shape index (κ3) is 2.74. The predicted molar refractivity (Wildman–Crippen MR) is 103 cm³/mol. The van der Waals surface area contributed by atoms with Crippen molar-refractivity contribution >= 4 is 22.7 Å². The second-order valence-corrected chi connectivity index (χ2v) is 8.62. The summed E-state index contributed by atoms with van der Waals surface area (Å²) in [5.74, 6) is 1.36. The second kappa shape index (κ2) is 5.84. The fourth-order valence-corrected chi connectivity index (χ4v) is 5.97. The Labute approximate surface area is 157 Å². The van der Waals surface area contributed by atoms with Crippen LogP contribution in [0.5, 0.6) is 0 Å². The van der Waals surface area contributed by atoms with Gasteiger partial charge in [0.15, 0.2) is 12.2 Å². The number of aliphatic imine (C=N–C) groups is 1. The molecule has 8 N–H and O–H groups in total. The van der Waals surface area contributed by atoms with Crippen LogP contribution in [-0.4, -0.2) is 37.8 Å². The van der Waals surface area contributed by atoms with Crippen molar-refractivity contribution in [1.29, 1.82) is 0 Å². The largest absolute Gasteiger partial charge is 0.390 e. The summed E-state index contributed by atoms with van der Waals surface area (Å²) in [4.78, 5) is 11.4. The quantitative estimate of drug-likeness (QED) is 0.352. The molecule has 0 radical (unpaired) electrons. The van der Waals surface area contributed by atoms with Gasteiger partial charge in [0.05, 0.1) is 11.3 Å². The number of anilines is 1. The number of nitrogens with zero attached hydrogens (tertiary/aromatic N) is 2. The summed E-state index contributed by atoms with van der Waals surface area (Å²) in [6, 6.07) is 2.22. The van der Waals surface area contributed by atoms with Crippen molar-refractivity contribution < 1.29 is 10.2 Å². The molecule has 4 fully saturated rings. The van der Waals surface area contributed by atoms with E-state index in [0.717, 1.165) is 48.8 Å². The lowest BCUT2D eigenvalue weighted by molar-refractivity contribution is -0.129. The summed E-state index contributed by atoms with van der Waals surface area (Å²) in [5.41, 5.74) is 12.6. The summed E-state index contributed by atoms with van der Waals surface area (Å²) in [7, 11) is 0. The molecule has 0 saturated heterocycles. The molecule has 0 aromatic carbocycles. The third-order valence-electron chi connectivity index (χ3n) is 6.72. The highest BCUT2D eigenvalue weighted by Gasteiger charge is 2.54. The number of hydrogen-bond acceptors (Lipinski definition) is 5. The fraction of sp³-hybridized carbons (Fsp3) is 0.579. The Balaban J connectivity index is 1.53. The van der Waals surface area contributed by atoms with Gasteiger partial charge in [0.2, 0.25) is 0 Å². The zero-order valence-electron chi connectivity index (χ0n) is 15.1. The van der Waals surface area contributed by atoms with E-state index in [1.807, 2.05) is 12.3 Å². The molecule has 0 aliphatic heterocycles. The molecule has 4 saturated carbocycles. The molecule has 4 bridgehead atoms. The van der Waals surface area contributed by atoms with Crippen molar-refractivity contribution in [3.05, 3.63) is 24.0 Å². The Hall–Kier alpha value is -2.32. The van der Waals surface area contributed by atoms with Crippen LogP contribution >= 0.6 is 0 Å². The zero-order chi connectivity index (χ0) is 18.8. The number of nitrogens with one attached hydrogen (secondary N) is 2. The molecule has 8 nitrogen and oxygen atoms in total. The lowest BCUT2D eigenvalue weighted by atomic mass is 9.52. The van der Waals surface area contributed by atoms with E-state index in [1.54, 1.807) is 6.20 Å². The van der Waals surface area contributed by atoms with Crippen LogP contribution in [0.25, 0.3) is 11.0 Å². The van der Waals surface area contributed by atoms with Crippen molar-refractivity contribution in [2.45, 2.75) is 50.0 Å².